The lowest BCUT2D eigenvalue weighted by molar-refractivity contribution is -0.606. The molecule has 5 unspecified atom stereocenters. The van der Waals surface area contributed by atoms with E-state index in [1.807, 2.05) is 6.92 Å². The first-order valence-corrected chi connectivity index (χ1v) is 12.0. The molecule has 2 saturated carbocycles. The standard InChI is InChI=1S/C27H28F3NO3/c1-16-25-23(22-8-3-2-5-18(22)14-24(25)26(32)34-16)12-11-21-10-9-19(15-31(21)33)17-6-4-7-20(13-17)27(28,29)30/h4,6-7,9-13,15-16,18,22-25H,2-3,5,8,14H2,1H3/b12-11+/t16-,18?,22?,23?,24?,25?/m1/s1. The molecule has 0 radical (unpaired) electrons. The lowest BCUT2D eigenvalue weighted by Crippen LogP contribution is -2.42. The molecule has 1 aliphatic heterocycles. The monoisotopic (exact) mass is 471 g/mol. The molecule has 5 rings (SSSR count). The Bertz CT molecular complexity index is 1110. The van der Waals surface area contributed by atoms with Crippen LogP contribution in [0.1, 0.15) is 50.3 Å². The maximum Gasteiger partial charge on any atom is 0.416 e. The highest BCUT2D eigenvalue weighted by molar-refractivity contribution is 5.75. The summed E-state index contributed by atoms with van der Waals surface area (Å²) >= 11 is 0. The van der Waals surface area contributed by atoms with Crippen LogP contribution in [0.4, 0.5) is 13.2 Å². The molecule has 1 aromatic carbocycles. The Hall–Kier alpha value is -2.83. The van der Waals surface area contributed by atoms with Crippen LogP contribution in [0.3, 0.4) is 0 Å². The third-order valence-electron chi connectivity index (χ3n) is 8.03. The number of pyridine rings is 1. The lowest BCUT2D eigenvalue weighted by Gasteiger charge is -2.45. The summed E-state index contributed by atoms with van der Waals surface area (Å²) < 4.78 is 45.5. The third-order valence-corrected chi connectivity index (χ3v) is 8.03. The number of cyclic esters (lactones) is 1. The van der Waals surface area contributed by atoms with Gasteiger partial charge in [-0.2, -0.15) is 17.9 Å². The van der Waals surface area contributed by atoms with E-state index in [1.54, 1.807) is 24.3 Å². The molecule has 0 bridgehead atoms. The van der Waals surface area contributed by atoms with Gasteiger partial charge in [0.05, 0.1) is 11.5 Å². The second-order valence-corrected chi connectivity index (χ2v) is 9.95. The van der Waals surface area contributed by atoms with Gasteiger partial charge in [0.2, 0.25) is 5.69 Å². The van der Waals surface area contributed by atoms with Crippen LogP contribution in [0.25, 0.3) is 17.2 Å². The SMILES string of the molecule is C[C@H]1OC(=O)C2CC3CCCCC3C(/C=C/c3ccc(-c4cccc(C(F)(F)F)c4)c[n+]3[O-])C21. The Morgan fingerprint density at radius 2 is 1.91 bits per heavy atom. The van der Waals surface area contributed by atoms with Crippen molar-refractivity contribution in [3.05, 3.63) is 65.1 Å². The summed E-state index contributed by atoms with van der Waals surface area (Å²) in [5, 5.41) is 12.8. The summed E-state index contributed by atoms with van der Waals surface area (Å²) in [6.45, 7) is 1.96. The smallest absolute Gasteiger partial charge is 0.416 e. The predicted octanol–water partition coefficient (Wildman–Crippen LogP) is 6.02. The molecular formula is C27H28F3NO3. The topological polar surface area (TPSA) is 53.2 Å². The van der Waals surface area contributed by atoms with Crippen molar-refractivity contribution in [2.45, 2.75) is 51.3 Å². The number of aromatic nitrogens is 1. The molecule has 6 atom stereocenters. The molecule has 3 fully saturated rings. The second-order valence-electron chi connectivity index (χ2n) is 9.95. The van der Waals surface area contributed by atoms with Gasteiger partial charge in [-0.25, -0.2) is 0 Å². The Labute approximate surface area is 197 Å². The number of hydrogen-bond donors (Lipinski definition) is 0. The van der Waals surface area contributed by atoms with Crippen molar-refractivity contribution < 1.29 is 27.4 Å². The Morgan fingerprint density at radius 1 is 1.12 bits per heavy atom. The minimum absolute atomic E-state index is 0.0772. The summed E-state index contributed by atoms with van der Waals surface area (Å²) in [6.07, 6.45) is 6.13. The first-order chi connectivity index (χ1) is 16.2. The van der Waals surface area contributed by atoms with Crippen LogP contribution in [-0.4, -0.2) is 12.1 Å². The van der Waals surface area contributed by atoms with Gasteiger partial charge < -0.3 is 9.94 Å². The minimum Gasteiger partial charge on any atom is -0.618 e. The fourth-order valence-corrected chi connectivity index (χ4v) is 6.46. The molecule has 0 N–H and O–H groups in total. The predicted molar refractivity (Wildman–Crippen MR) is 121 cm³/mol. The summed E-state index contributed by atoms with van der Waals surface area (Å²) in [7, 11) is 0. The maximum absolute atomic E-state index is 13.1. The highest BCUT2D eigenvalue weighted by Gasteiger charge is 2.53. The molecule has 180 valence electrons. The molecule has 2 aliphatic carbocycles. The molecule has 0 spiro atoms. The quantitative estimate of drug-likeness (QED) is 0.312. The molecule has 2 aromatic rings. The van der Waals surface area contributed by atoms with Gasteiger partial charge in [-0.15, -0.1) is 0 Å². The fourth-order valence-electron chi connectivity index (χ4n) is 6.46. The number of rotatable bonds is 3. The zero-order valence-electron chi connectivity index (χ0n) is 19.0. The molecular weight excluding hydrogens is 443 g/mol. The zero-order chi connectivity index (χ0) is 24.0. The van der Waals surface area contributed by atoms with Crippen LogP contribution in [-0.2, 0) is 15.7 Å². The number of allylic oxidation sites excluding steroid dienone is 1. The average Bonchev–Trinajstić information content (AvgIpc) is 3.10. The van der Waals surface area contributed by atoms with E-state index in [0.29, 0.717) is 33.4 Å². The van der Waals surface area contributed by atoms with Crippen LogP contribution in [0, 0.1) is 34.8 Å². The number of benzene rings is 1. The van der Waals surface area contributed by atoms with Crippen molar-refractivity contribution >= 4 is 12.0 Å². The Balaban J connectivity index is 1.42. The van der Waals surface area contributed by atoms with E-state index in [1.165, 1.54) is 25.1 Å². The number of ether oxygens (including phenoxy) is 1. The lowest BCUT2D eigenvalue weighted by atomic mass is 9.57. The van der Waals surface area contributed by atoms with Gasteiger partial charge >= 0.3 is 12.1 Å². The van der Waals surface area contributed by atoms with E-state index in [9.17, 15) is 23.2 Å². The van der Waals surface area contributed by atoms with E-state index in [4.69, 9.17) is 4.74 Å². The van der Waals surface area contributed by atoms with Crippen LogP contribution < -0.4 is 4.73 Å². The number of alkyl halides is 3. The van der Waals surface area contributed by atoms with Crippen LogP contribution >= 0.6 is 0 Å². The fraction of sp³-hybridized carbons (Fsp3) is 0.481. The van der Waals surface area contributed by atoms with Crippen molar-refractivity contribution in [2.75, 3.05) is 0 Å². The summed E-state index contributed by atoms with van der Waals surface area (Å²) in [5.74, 6) is 1.09. The molecule has 2 heterocycles. The van der Waals surface area contributed by atoms with Crippen LogP contribution in [0.2, 0.25) is 0 Å². The van der Waals surface area contributed by atoms with E-state index >= 15 is 0 Å². The number of carbonyl (C=O) groups is 1. The van der Waals surface area contributed by atoms with Crippen molar-refractivity contribution in [3.8, 4) is 11.1 Å². The number of esters is 1. The van der Waals surface area contributed by atoms with Gasteiger partial charge in [0.25, 0.3) is 0 Å². The molecule has 0 amide bonds. The molecule has 7 heteroatoms. The van der Waals surface area contributed by atoms with Crippen molar-refractivity contribution in [3.63, 3.8) is 0 Å². The summed E-state index contributed by atoms with van der Waals surface area (Å²) in [4.78, 5) is 12.5. The molecule has 1 saturated heterocycles. The van der Waals surface area contributed by atoms with E-state index in [0.717, 1.165) is 31.4 Å². The molecule has 4 nitrogen and oxygen atoms in total. The minimum atomic E-state index is -4.44. The van der Waals surface area contributed by atoms with Crippen LogP contribution in [0.5, 0.6) is 0 Å². The third kappa shape index (κ3) is 4.21. The number of carbonyl (C=O) groups excluding carboxylic acids is 1. The number of nitrogens with zero attached hydrogens (tertiary/aromatic N) is 1. The maximum atomic E-state index is 13.1. The highest BCUT2D eigenvalue weighted by atomic mass is 19.4. The van der Waals surface area contributed by atoms with Gasteiger partial charge in [0.1, 0.15) is 6.10 Å². The Kier molecular flexibility index (Phi) is 5.90. The van der Waals surface area contributed by atoms with E-state index in [-0.39, 0.29) is 29.8 Å². The average molecular weight is 472 g/mol. The van der Waals surface area contributed by atoms with E-state index < -0.39 is 11.7 Å². The van der Waals surface area contributed by atoms with Gasteiger partial charge in [-0.05, 0) is 61.3 Å². The van der Waals surface area contributed by atoms with E-state index in [2.05, 4.69) is 6.08 Å². The van der Waals surface area contributed by atoms with Gasteiger partial charge in [-0.1, -0.05) is 37.5 Å². The first kappa shape index (κ1) is 22.9. The number of fused-ring (bicyclic) bond motifs is 2. The largest absolute Gasteiger partial charge is 0.618 e. The van der Waals surface area contributed by atoms with Gasteiger partial charge in [0, 0.05) is 23.6 Å². The zero-order valence-corrected chi connectivity index (χ0v) is 19.0. The molecule has 1 aromatic heterocycles. The van der Waals surface area contributed by atoms with Crippen LogP contribution in [0.15, 0.2) is 48.7 Å². The van der Waals surface area contributed by atoms with Crippen molar-refractivity contribution in [1.82, 2.24) is 0 Å². The summed E-state index contributed by atoms with van der Waals surface area (Å²) in [5.41, 5.74) is 0.433. The summed E-state index contributed by atoms with van der Waals surface area (Å²) in [6, 6.07) is 8.27. The number of hydrogen-bond acceptors (Lipinski definition) is 3. The normalized spacial score (nSPS) is 31.2. The highest BCUT2D eigenvalue weighted by Crippen LogP contribution is 2.53. The number of halogens is 3. The second kappa shape index (κ2) is 8.75. The molecule has 3 aliphatic rings. The van der Waals surface area contributed by atoms with Gasteiger partial charge in [0.15, 0.2) is 6.20 Å². The first-order valence-electron chi connectivity index (χ1n) is 12.0. The van der Waals surface area contributed by atoms with Gasteiger partial charge in [-0.3, -0.25) is 4.79 Å². The molecule has 34 heavy (non-hydrogen) atoms. The Morgan fingerprint density at radius 3 is 2.68 bits per heavy atom. The van der Waals surface area contributed by atoms with Crippen molar-refractivity contribution in [2.24, 2.45) is 29.6 Å². The van der Waals surface area contributed by atoms with Crippen molar-refractivity contribution in [1.29, 1.82) is 0 Å².